The van der Waals surface area contributed by atoms with E-state index in [1.165, 1.54) is 18.6 Å². The molecule has 0 saturated carbocycles. The van der Waals surface area contributed by atoms with Gasteiger partial charge in [0.1, 0.15) is 12.1 Å². The molecule has 4 rings (SSSR count). The standard InChI is InChI=1S/C20H12F6N6/c21-19(22,23)13-4-1-11(2-5-13)15-7-14(20(24,25)26)8-17(30-15)32-10-29-18(31-32)12-3-6-16(27)28-9-12/h1-10H,(H2,27,28). The molecule has 0 aliphatic carbocycles. The van der Waals surface area contributed by atoms with Crippen LogP contribution in [-0.4, -0.2) is 24.7 Å². The van der Waals surface area contributed by atoms with Crippen LogP contribution < -0.4 is 5.73 Å². The summed E-state index contributed by atoms with van der Waals surface area (Å²) in [5.74, 6) is 0.235. The van der Waals surface area contributed by atoms with E-state index in [9.17, 15) is 26.3 Å². The largest absolute Gasteiger partial charge is 0.416 e. The number of anilines is 1. The maximum Gasteiger partial charge on any atom is 0.416 e. The molecular formula is C20H12F6N6. The third-order valence-corrected chi connectivity index (χ3v) is 4.42. The molecule has 0 aliphatic heterocycles. The molecule has 164 valence electrons. The lowest BCUT2D eigenvalue weighted by Gasteiger charge is -2.12. The molecule has 32 heavy (non-hydrogen) atoms. The molecule has 0 bridgehead atoms. The Labute approximate surface area is 176 Å². The number of nitrogens with zero attached hydrogens (tertiary/aromatic N) is 5. The quantitative estimate of drug-likeness (QED) is 0.444. The molecule has 0 amide bonds. The van der Waals surface area contributed by atoms with Gasteiger partial charge >= 0.3 is 12.4 Å². The Kier molecular flexibility index (Phi) is 5.07. The number of aromatic nitrogens is 5. The highest BCUT2D eigenvalue weighted by Crippen LogP contribution is 2.34. The van der Waals surface area contributed by atoms with Crippen LogP contribution in [0.1, 0.15) is 11.1 Å². The lowest BCUT2D eigenvalue weighted by Crippen LogP contribution is -2.09. The second kappa shape index (κ2) is 7.62. The summed E-state index contributed by atoms with van der Waals surface area (Å²) in [6.07, 6.45) is -6.71. The predicted molar refractivity (Wildman–Crippen MR) is 102 cm³/mol. The van der Waals surface area contributed by atoms with Crippen molar-refractivity contribution in [1.82, 2.24) is 24.7 Å². The summed E-state index contributed by atoms with van der Waals surface area (Å²) in [5.41, 5.74) is 3.95. The van der Waals surface area contributed by atoms with Gasteiger partial charge in [0, 0.05) is 17.3 Å². The van der Waals surface area contributed by atoms with Gasteiger partial charge in [-0.1, -0.05) is 12.1 Å². The first kappa shape index (κ1) is 21.3. The highest BCUT2D eigenvalue weighted by molar-refractivity contribution is 5.62. The number of pyridine rings is 2. The van der Waals surface area contributed by atoms with Gasteiger partial charge in [0.2, 0.25) is 0 Å². The Hall–Kier alpha value is -3.96. The molecule has 6 nitrogen and oxygen atoms in total. The van der Waals surface area contributed by atoms with Crippen molar-refractivity contribution in [2.75, 3.05) is 5.73 Å². The fourth-order valence-corrected chi connectivity index (χ4v) is 2.82. The number of hydrogen-bond acceptors (Lipinski definition) is 5. The second-order valence-corrected chi connectivity index (χ2v) is 6.66. The van der Waals surface area contributed by atoms with Gasteiger partial charge in [-0.15, -0.1) is 5.10 Å². The van der Waals surface area contributed by atoms with E-state index in [0.29, 0.717) is 5.56 Å². The third-order valence-electron chi connectivity index (χ3n) is 4.42. The maximum absolute atomic E-state index is 13.5. The number of alkyl halides is 6. The van der Waals surface area contributed by atoms with Gasteiger partial charge in [-0.3, -0.25) is 0 Å². The van der Waals surface area contributed by atoms with Gasteiger partial charge in [-0.05, 0) is 36.4 Å². The van der Waals surface area contributed by atoms with Gasteiger partial charge in [0.25, 0.3) is 0 Å². The normalized spacial score (nSPS) is 12.2. The van der Waals surface area contributed by atoms with E-state index in [2.05, 4.69) is 20.1 Å². The number of nitrogen functional groups attached to an aromatic ring is 1. The van der Waals surface area contributed by atoms with E-state index in [0.717, 1.165) is 41.1 Å². The Morgan fingerprint density at radius 1 is 0.750 bits per heavy atom. The fraction of sp³-hybridized carbons (Fsp3) is 0.100. The number of halogens is 6. The molecule has 0 atom stereocenters. The predicted octanol–water partition coefficient (Wildman–Crippen LogP) is 5.01. The van der Waals surface area contributed by atoms with Gasteiger partial charge in [-0.2, -0.15) is 26.3 Å². The van der Waals surface area contributed by atoms with Gasteiger partial charge < -0.3 is 5.73 Å². The minimum absolute atomic E-state index is 0.0772. The van der Waals surface area contributed by atoms with E-state index in [1.807, 2.05) is 0 Å². The summed E-state index contributed by atoms with van der Waals surface area (Å²) in [5, 5.41) is 4.13. The van der Waals surface area contributed by atoms with Crippen molar-refractivity contribution in [2.24, 2.45) is 0 Å². The first-order valence-corrected chi connectivity index (χ1v) is 8.91. The van der Waals surface area contributed by atoms with Crippen LogP contribution in [0.25, 0.3) is 28.5 Å². The van der Waals surface area contributed by atoms with Gasteiger partial charge in [0.15, 0.2) is 11.6 Å². The lowest BCUT2D eigenvalue weighted by atomic mass is 10.1. The minimum atomic E-state index is -4.72. The summed E-state index contributed by atoms with van der Waals surface area (Å²) in [6.45, 7) is 0. The van der Waals surface area contributed by atoms with E-state index in [-0.39, 0.29) is 28.7 Å². The molecule has 4 aromatic rings. The van der Waals surface area contributed by atoms with Crippen molar-refractivity contribution < 1.29 is 26.3 Å². The van der Waals surface area contributed by atoms with Crippen molar-refractivity contribution in [1.29, 1.82) is 0 Å². The van der Waals surface area contributed by atoms with Crippen molar-refractivity contribution >= 4 is 5.82 Å². The van der Waals surface area contributed by atoms with E-state index < -0.39 is 23.5 Å². The molecule has 0 saturated heterocycles. The minimum Gasteiger partial charge on any atom is -0.384 e. The van der Waals surface area contributed by atoms with Crippen molar-refractivity contribution in [2.45, 2.75) is 12.4 Å². The zero-order valence-corrected chi connectivity index (χ0v) is 15.9. The zero-order valence-electron chi connectivity index (χ0n) is 15.9. The van der Waals surface area contributed by atoms with E-state index in [4.69, 9.17) is 5.73 Å². The van der Waals surface area contributed by atoms with Crippen LogP contribution in [0.3, 0.4) is 0 Å². The highest BCUT2D eigenvalue weighted by Gasteiger charge is 2.33. The SMILES string of the molecule is Nc1ccc(-c2ncn(-c3cc(C(F)(F)F)cc(-c4ccc(C(F)(F)F)cc4)n3)n2)cn1. The van der Waals surface area contributed by atoms with Gasteiger partial charge in [-0.25, -0.2) is 19.6 Å². The lowest BCUT2D eigenvalue weighted by molar-refractivity contribution is -0.138. The smallest absolute Gasteiger partial charge is 0.384 e. The summed E-state index contributed by atoms with van der Waals surface area (Å²) in [4.78, 5) is 12.1. The topological polar surface area (TPSA) is 82.5 Å². The molecule has 0 aliphatic rings. The highest BCUT2D eigenvalue weighted by atomic mass is 19.4. The molecule has 0 fully saturated rings. The molecule has 0 radical (unpaired) electrons. The van der Waals surface area contributed by atoms with Crippen LogP contribution in [0.5, 0.6) is 0 Å². The number of benzene rings is 1. The van der Waals surface area contributed by atoms with Crippen LogP contribution in [-0.2, 0) is 12.4 Å². The molecule has 0 spiro atoms. The average Bonchev–Trinajstić information content (AvgIpc) is 3.23. The van der Waals surface area contributed by atoms with Crippen molar-refractivity contribution in [3.8, 4) is 28.5 Å². The van der Waals surface area contributed by atoms with Gasteiger partial charge in [0.05, 0.1) is 16.8 Å². The van der Waals surface area contributed by atoms with E-state index >= 15 is 0 Å². The Morgan fingerprint density at radius 3 is 2.00 bits per heavy atom. The fourth-order valence-electron chi connectivity index (χ4n) is 2.82. The molecule has 3 aromatic heterocycles. The summed E-state index contributed by atoms with van der Waals surface area (Å²) >= 11 is 0. The van der Waals surface area contributed by atoms with Crippen molar-refractivity contribution in [3.63, 3.8) is 0 Å². The van der Waals surface area contributed by atoms with E-state index in [1.54, 1.807) is 6.07 Å². The summed E-state index contributed by atoms with van der Waals surface area (Å²) < 4.78 is 79.8. The molecule has 1 aromatic carbocycles. The first-order chi connectivity index (χ1) is 15.0. The first-order valence-electron chi connectivity index (χ1n) is 8.91. The van der Waals surface area contributed by atoms with Crippen LogP contribution in [0.4, 0.5) is 32.2 Å². The number of nitrogens with two attached hydrogens (primary N) is 1. The maximum atomic E-state index is 13.5. The molecular weight excluding hydrogens is 438 g/mol. The molecule has 12 heteroatoms. The Bertz CT molecular complexity index is 1240. The summed E-state index contributed by atoms with van der Waals surface area (Å²) in [7, 11) is 0. The Morgan fingerprint density at radius 2 is 1.41 bits per heavy atom. The summed E-state index contributed by atoms with van der Waals surface area (Å²) in [6, 6.07) is 8.30. The number of hydrogen-bond donors (Lipinski definition) is 1. The van der Waals surface area contributed by atoms with Crippen LogP contribution >= 0.6 is 0 Å². The molecule has 3 heterocycles. The zero-order chi connectivity index (χ0) is 23.1. The Balaban J connectivity index is 1.77. The molecule has 2 N–H and O–H groups in total. The van der Waals surface area contributed by atoms with Crippen LogP contribution in [0, 0.1) is 0 Å². The second-order valence-electron chi connectivity index (χ2n) is 6.66. The van der Waals surface area contributed by atoms with Crippen molar-refractivity contribution in [3.05, 3.63) is 72.2 Å². The average molecular weight is 450 g/mol. The van der Waals surface area contributed by atoms with Crippen LogP contribution in [0.15, 0.2) is 61.1 Å². The number of rotatable bonds is 3. The monoisotopic (exact) mass is 450 g/mol. The third kappa shape index (κ3) is 4.38. The molecule has 0 unspecified atom stereocenters. The van der Waals surface area contributed by atoms with Crippen LogP contribution in [0.2, 0.25) is 0 Å².